The normalized spacial score (nSPS) is 28.1. The summed E-state index contributed by atoms with van der Waals surface area (Å²) in [5.74, 6) is -0.468. The van der Waals surface area contributed by atoms with Crippen molar-refractivity contribution < 1.29 is 34.4 Å². The molecule has 4 atom stereocenters. The van der Waals surface area contributed by atoms with Crippen LogP contribution in [0, 0.1) is 5.41 Å². The molecule has 0 spiro atoms. The fourth-order valence-corrected chi connectivity index (χ4v) is 2.95. The summed E-state index contributed by atoms with van der Waals surface area (Å²) in [6, 6.07) is 1.36. The first-order chi connectivity index (χ1) is 13.4. The standard InChI is InChI=1S/C17H25N3O8/c1-2-7-26-9-17(4-5-17)15(24)28-19-11-3-6-20(16(25)18-11)14-13(23)12(22)10(8-21)27-14/h3,6,10,12-14,21-23H,2,4-5,7-9H2,1H3,(H,18,19,25)/t10-,12-,13-,14-/m1/s1. The molecule has 11 nitrogen and oxygen atoms in total. The minimum Gasteiger partial charge on any atom is -0.394 e. The van der Waals surface area contributed by atoms with Crippen molar-refractivity contribution in [1.29, 1.82) is 0 Å². The van der Waals surface area contributed by atoms with E-state index in [4.69, 9.17) is 19.4 Å². The molecular weight excluding hydrogens is 374 g/mol. The monoisotopic (exact) mass is 399 g/mol. The van der Waals surface area contributed by atoms with Crippen molar-refractivity contribution in [2.24, 2.45) is 5.41 Å². The Balaban J connectivity index is 1.59. The van der Waals surface area contributed by atoms with Crippen LogP contribution in [0.4, 0.5) is 5.82 Å². The van der Waals surface area contributed by atoms with Gasteiger partial charge in [0.25, 0.3) is 0 Å². The lowest BCUT2D eigenvalue weighted by Gasteiger charge is -2.18. The molecule has 3 rings (SSSR count). The quantitative estimate of drug-likeness (QED) is 0.298. The maximum atomic E-state index is 12.2. The van der Waals surface area contributed by atoms with Crippen molar-refractivity contribution in [3.8, 4) is 0 Å². The largest absolute Gasteiger partial charge is 0.394 e. The molecule has 2 fully saturated rings. The molecule has 2 aliphatic rings. The molecule has 0 unspecified atom stereocenters. The average Bonchev–Trinajstić information content (AvgIpc) is 3.42. The van der Waals surface area contributed by atoms with Gasteiger partial charge in [0.2, 0.25) is 0 Å². The molecule has 1 saturated carbocycles. The van der Waals surface area contributed by atoms with Crippen LogP contribution in [0.25, 0.3) is 0 Å². The predicted octanol–water partition coefficient (Wildman–Crippen LogP) is -1.07. The molecule has 11 heteroatoms. The van der Waals surface area contributed by atoms with Crippen LogP contribution < -0.4 is 11.2 Å². The van der Waals surface area contributed by atoms with Crippen molar-refractivity contribution in [1.82, 2.24) is 9.55 Å². The van der Waals surface area contributed by atoms with Gasteiger partial charge in [0.05, 0.1) is 18.6 Å². The number of carbonyl (C=O) groups excluding carboxylic acids is 1. The van der Waals surface area contributed by atoms with Crippen LogP contribution in [0.5, 0.6) is 0 Å². The Morgan fingerprint density at radius 3 is 2.75 bits per heavy atom. The molecule has 0 bridgehead atoms. The van der Waals surface area contributed by atoms with E-state index in [1.807, 2.05) is 6.92 Å². The van der Waals surface area contributed by atoms with Gasteiger partial charge in [0.1, 0.15) is 18.3 Å². The molecule has 0 amide bonds. The summed E-state index contributed by atoms with van der Waals surface area (Å²) in [4.78, 5) is 33.2. The predicted molar refractivity (Wildman–Crippen MR) is 94.0 cm³/mol. The van der Waals surface area contributed by atoms with Gasteiger partial charge in [-0.3, -0.25) is 4.57 Å². The zero-order valence-electron chi connectivity index (χ0n) is 15.5. The number of aliphatic hydroxyl groups is 3. The summed E-state index contributed by atoms with van der Waals surface area (Å²) in [5, 5.41) is 28.9. The van der Waals surface area contributed by atoms with Crippen LogP contribution in [0.3, 0.4) is 0 Å². The second-order valence-corrected chi connectivity index (χ2v) is 7.06. The van der Waals surface area contributed by atoms with E-state index in [9.17, 15) is 19.8 Å². The smallest absolute Gasteiger partial charge is 0.351 e. The fraction of sp³-hybridized carbons (Fsp3) is 0.706. The molecule has 1 aliphatic heterocycles. The lowest BCUT2D eigenvalue weighted by Crippen LogP contribution is -2.36. The summed E-state index contributed by atoms with van der Waals surface area (Å²) >= 11 is 0. The zero-order valence-corrected chi connectivity index (χ0v) is 15.5. The highest BCUT2D eigenvalue weighted by molar-refractivity contribution is 5.80. The Hall–Kier alpha value is -2.05. The molecule has 0 radical (unpaired) electrons. The SMILES string of the molecule is CCCOCC1(C(=O)ONc2ccn([C@@H]3O[C@H](CO)[C@@H](O)[C@H]3O)c(=O)n2)CC1. The Morgan fingerprint density at radius 1 is 1.43 bits per heavy atom. The highest BCUT2D eigenvalue weighted by atomic mass is 16.7. The second-order valence-electron chi connectivity index (χ2n) is 7.06. The maximum absolute atomic E-state index is 12.2. The van der Waals surface area contributed by atoms with E-state index >= 15 is 0 Å². The average molecular weight is 399 g/mol. The fourth-order valence-electron chi connectivity index (χ4n) is 2.95. The molecule has 2 heterocycles. The van der Waals surface area contributed by atoms with Crippen molar-refractivity contribution >= 4 is 11.8 Å². The van der Waals surface area contributed by atoms with Gasteiger partial charge in [-0.05, 0) is 19.3 Å². The van der Waals surface area contributed by atoms with Crippen molar-refractivity contribution in [2.45, 2.75) is 50.7 Å². The Bertz CT molecular complexity index is 750. The second kappa shape index (κ2) is 8.53. The highest BCUT2D eigenvalue weighted by Gasteiger charge is 2.52. The van der Waals surface area contributed by atoms with Gasteiger partial charge < -0.3 is 29.6 Å². The number of carbonyl (C=O) groups is 1. The van der Waals surface area contributed by atoms with Gasteiger partial charge in [0, 0.05) is 18.9 Å². The van der Waals surface area contributed by atoms with E-state index in [0.29, 0.717) is 26.1 Å². The topological polar surface area (TPSA) is 152 Å². The number of ether oxygens (including phenoxy) is 2. The number of nitrogens with zero attached hydrogens (tertiary/aromatic N) is 2. The van der Waals surface area contributed by atoms with E-state index in [2.05, 4.69) is 10.5 Å². The van der Waals surface area contributed by atoms with Crippen molar-refractivity contribution in [3.63, 3.8) is 0 Å². The molecule has 1 aromatic rings. The van der Waals surface area contributed by atoms with E-state index in [-0.39, 0.29) is 5.82 Å². The van der Waals surface area contributed by atoms with Crippen molar-refractivity contribution in [2.75, 3.05) is 25.3 Å². The summed E-state index contributed by atoms with van der Waals surface area (Å²) in [6.45, 7) is 2.34. The van der Waals surface area contributed by atoms with Gasteiger partial charge in [-0.15, -0.1) is 0 Å². The van der Waals surface area contributed by atoms with Crippen molar-refractivity contribution in [3.05, 3.63) is 22.7 Å². The molecule has 1 aliphatic carbocycles. The molecule has 1 saturated heterocycles. The zero-order chi connectivity index (χ0) is 20.3. The van der Waals surface area contributed by atoms with Crippen LogP contribution in [0.1, 0.15) is 32.4 Å². The van der Waals surface area contributed by atoms with Gasteiger partial charge in [-0.1, -0.05) is 6.92 Å². The third kappa shape index (κ3) is 4.18. The molecule has 1 aromatic heterocycles. The first-order valence-corrected chi connectivity index (χ1v) is 9.18. The number of aromatic nitrogens is 2. The summed E-state index contributed by atoms with van der Waals surface area (Å²) < 4.78 is 11.7. The van der Waals surface area contributed by atoms with Gasteiger partial charge in [-0.2, -0.15) is 4.98 Å². The third-order valence-corrected chi connectivity index (χ3v) is 4.88. The molecular formula is C17H25N3O8. The van der Waals surface area contributed by atoms with Crippen LogP contribution in [0.2, 0.25) is 0 Å². The Morgan fingerprint density at radius 2 is 2.18 bits per heavy atom. The summed E-state index contributed by atoms with van der Waals surface area (Å²) in [6.07, 6.45) is -1.42. The summed E-state index contributed by atoms with van der Waals surface area (Å²) in [5.41, 5.74) is 0.924. The van der Waals surface area contributed by atoms with E-state index in [1.54, 1.807) is 0 Å². The summed E-state index contributed by atoms with van der Waals surface area (Å²) in [7, 11) is 0. The van der Waals surface area contributed by atoms with Crippen LogP contribution in [-0.4, -0.2) is 69.0 Å². The van der Waals surface area contributed by atoms with E-state index in [0.717, 1.165) is 11.0 Å². The Kier molecular flexibility index (Phi) is 6.30. The highest BCUT2D eigenvalue weighted by Crippen LogP contribution is 2.47. The Labute approximate surface area is 160 Å². The minimum atomic E-state index is -1.40. The lowest BCUT2D eigenvalue weighted by atomic mass is 10.1. The maximum Gasteiger partial charge on any atom is 0.351 e. The third-order valence-electron chi connectivity index (χ3n) is 4.88. The number of hydrogen-bond donors (Lipinski definition) is 4. The molecule has 0 aromatic carbocycles. The van der Waals surface area contributed by atoms with E-state index < -0.39 is 48.2 Å². The molecule has 4 N–H and O–H groups in total. The number of nitrogens with one attached hydrogen (secondary N) is 1. The number of rotatable bonds is 9. The lowest BCUT2D eigenvalue weighted by molar-refractivity contribution is -0.149. The molecule has 156 valence electrons. The number of hydrogen-bond acceptors (Lipinski definition) is 10. The van der Waals surface area contributed by atoms with Gasteiger partial charge >= 0.3 is 11.7 Å². The molecule has 28 heavy (non-hydrogen) atoms. The van der Waals surface area contributed by atoms with Gasteiger partial charge in [0.15, 0.2) is 12.0 Å². The first-order valence-electron chi connectivity index (χ1n) is 9.18. The number of aliphatic hydroxyl groups excluding tert-OH is 3. The number of anilines is 1. The minimum absolute atomic E-state index is 0.00613. The van der Waals surface area contributed by atoms with Crippen LogP contribution >= 0.6 is 0 Å². The first kappa shape index (κ1) is 20.7. The van der Waals surface area contributed by atoms with Gasteiger partial charge in [-0.25, -0.2) is 15.1 Å². The van der Waals surface area contributed by atoms with Crippen LogP contribution in [-0.2, 0) is 19.1 Å². The van der Waals surface area contributed by atoms with E-state index in [1.165, 1.54) is 12.3 Å². The van der Waals surface area contributed by atoms with Crippen LogP contribution in [0.15, 0.2) is 17.1 Å².